The minimum atomic E-state index is -1.23. The smallest absolute Gasteiger partial charge is 0.269 e. The average molecular weight is 314 g/mol. The number of carboxylic acids is 1. The van der Waals surface area contributed by atoms with E-state index in [0.717, 1.165) is 5.56 Å². The fourth-order valence-corrected chi connectivity index (χ4v) is 2.70. The third-order valence-electron chi connectivity index (χ3n) is 2.96. The van der Waals surface area contributed by atoms with Gasteiger partial charge in [-0.25, -0.2) is 4.98 Å². The summed E-state index contributed by atoms with van der Waals surface area (Å²) >= 11 is 1.27. The molecule has 0 aliphatic carbocycles. The van der Waals surface area contributed by atoms with Crippen molar-refractivity contribution in [2.75, 3.05) is 0 Å². The van der Waals surface area contributed by atoms with Crippen LogP contribution >= 0.6 is 11.8 Å². The predicted octanol–water partition coefficient (Wildman–Crippen LogP) is 0.860. The molecule has 0 unspecified atom stereocenters. The Morgan fingerprint density at radius 3 is 2.91 bits per heavy atom. The summed E-state index contributed by atoms with van der Waals surface area (Å²) in [6.07, 6.45) is 0.487. The number of aromatic amines is 1. The Labute approximate surface area is 130 Å². The maximum atomic E-state index is 11.8. The van der Waals surface area contributed by atoms with Crippen LogP contribution in [0.1, 0.15) is 34.1 Å². The number of rotatable bonds is 5. The SMILES string of the molecule is CCc1nc(SCc2cccc(C(=O)[O-])c2)[nH]c(=O)c1C#N. The van der Waals surface area contributed by atoms with Crippen molar-refractivity contribution in [3.8, 4) is 6.07 Å². The van der Waals surface area contributed by atoms with Gasteiger partial charge in [0.25, 0.3) is 5.56 Å². The van der Waals surface area contributed by atoms with Gasteiger partial charge in [0.1, 0.15) is 11.6 Å². The van der Waals surface area contributed by atoms with Crippen LogP contribution in [0.25, 0.3) is 0 Å². The van der Waals surface area contributed by atoms with Gasteiger partial charge in [0.2, 0.25) is 0 Å². The number of hydrogen-bond donors (Lipinski definition) is 1. The molecular weight excluding hydrogens is 302 g/mol. The molecule has 1 N–H and O–H groups in total. The maximum absolute atomic E-state index is 11.8. The highest BCUT2D eigenvalue weighted by atomic mass is 32.2. The highest BCUT2D eigenvalue weighted by molar-refractivity contribution is 7.98. The summed E-state index contributed by atoms with van der Waals surface area (Å²) in [5.74, 6) is -0.788. The van der Waals surface area contributed by atoms with Gasteiger partial charge in [-0.2, -0.15) is 5.26 Å². The van der Waals surface area contributed by atoms with E-state index in [1.54, 1.807) is 12.1 Å². The lowest BCUT2D eigenvalue weighted by molar-refractivity contribution is -0.255. The summed E-state index contributed by atoms with van der Waals surface area (Å²) in [7, 11) is 0. The summed E-state index contributed by atoms with van der Waals surface area (Å²) in [6, 6.07) is 8.24. The molecule has 6 nitrogen and oxygen atoms in total. The van der Waals surface area contributed by atoms with Crippen molar-refractivity contribution in [2.45, 2.75) is 24.3 Å². The number of nitriles is 1. The number of hydrogen-bond acceptors (Lipinski definition) is 6. The second kappa shape index (κ2) is 6.91. The van der Waals surface area contributed by atoms with Crippen LogP contribution in [0.5, 0.6) is 0 Å². The van der Waals surface area contributed by atoms with Crippen LogP contribution in [0.2, 0.25) is 0 Å². The van der Waals surface area contributed by atoms with Gasteiger partial charge in [-0.15, -0.1) is 0 Å². The quantitative estimate of drug-likeness (QED) is 0.647. The summed E-state index contributed by atoms with van der Waals surface area (Å²) in [6.45, 7) is 1.82. The second-order valence-electron chi connectivity index (χ2n) is 4.43. The van der Waals surface area contributed by atoms with Gasteiger partial charge in [-0.1, -0.05) is 36.9 Å². The number of aromatic nitrogens is 2. The first-order chi connectivity index (χ1) is 10.5. The van der Waals surface area contributed by atoms with Crippen LogP contribution in [0.15, 0.2) is 34.2 Å². The molecule has 1 aromatic heterocycles. The van der Waals surface area contributed by atoms with E-state index >= 15 is 0 Å². The molecule has 0 aliphatic rings. The van der Waals surface area contributed by atoms with Crippen LogP contribution < -0.4 is 10.7 Å². The van der Waals surface area contributed by atoms with Gasteiger partial charge in [-0.05, 0) is 23.6 Å². The van der Waals surface area contributed by atoms with Crippen molar-refractivity contribution in [3.05, 3.63) is 57.0 Å². The molecule has 1 aromatic carbocycles. The van der Waals surface area contributed by atoms with E-state index in [1.165, 1.54) is 23.9 Å². The normalized spacial score (nSPS) is 10.2. The molecule has 0 fully saturated rings. The van der Waals surface area contributed by atoms with Crippen molar-refractivity contribution < 1.29 is 9.90 Å². The van der Waals surface area contributed by atoms with Crippen molar-refractivity contribution in [3.63, 3.8) is 0 Å². The van der Waals surface area contributed by atoms with E-state index in [1.807, 2.05) is 13.0 Å². The molecule has 112 valence electrons. The lowest BCUT2D eigenvalue weighted by Crippen LogP contribution is -2.22. The number of benzene rings is 1. The zero-order chi connectivity index (χ0) is 16.1. The Kier molecular flexibility index (Phi) is 4.96. The zero-order valence-electron chi connectivity index (χ0n) is 11.8. The molecule has 7 heteroatoms. The predicted molar refractivity (Wildman–Crippen MR) is 79.3 cm³/mol. The number of thioether (sulfide) groups is 1. The van der Waals surface area contributed by atoms with Gasteiger partial charge >= 0.3 is 0 Å². The van der Waals surface area contributed by atoms with E-state index in [2.05, 4.69) is 9.97 Å². The highest BCUT2D eigenvalue weighted by Crippen LogP contribution is 2.19. The monoisotopic (exact) mass is 314 g/mol. The van der Waals surface area contributed by atoms with Gasteiger partial charge in [0.15, 0.2) is 5.16 Å². The summed E-state index contributed by atoms with van der Waals surface area (Å²) in [4.78, 5) is 29.4. The molecule has 0 aliphatic heterocycles. The Morgan fingerprint density at radius 2 is 2.27 bits per heavy atom. The maximum Gasteiger partial charge on any atom is 0.269 e. The largest absolute Gasteiger partial charge is 0.545 e. The van der Waals surface area contributed by atoms with Crippen LogP contribution in [0, 0.1) is 11.3 Å². The fourth-order valence-electron chi connectivity index (χ4n) is 1.88. The standard InChI is InChI=1S/C15H13N3O3S/c1-2-12-11(7-16)13(19)18-15(17-12)22-8-9-4-3-5-10(6-9)14(20)21/h3-6H,2,8H2,1H3,(H,20,21)(H,17,18,19)/p-1. The van der Waals surface area contributed by atoms with Crippen molar-refractivity contribution in [2.24, 2.45) is 0 Å². The Balaban J connectivity index is 2.20. The number of aryl methyl sites for hydroxylation is 1. The van der Waals surface area contributed by atoms with Crippen LogP contribution in [-0.2, 0) is 12.2 Å². The molecule has 0 amide bonds. The molecule has 1 heterocycles. The lowest BCUT2D eigenvalue weighted by atomic mass is 10.1. The van der Waals surface area contributed by atoms with Crippen molar-refractivity contribution >= 4 is 17.7 Å². The number of carboxylic acid groups (broad SMARTS) is 1. The van der Waals surface area contributed by atoms with Crippen molar-refractivity contribution in [1.82, 2.24) is 9.97 Å². The molecule has 0 spiro atoms. The summed E-state index contributed by atoms with van der Waals surface area (Å²) < 4.78 is 0. The Morgan fingerprint density at radius 1 is 1.50 bits per heavy atom. The van der Waals surface area contributed by atoms with Gasteiger partial charge in [0.05, 0.1) is 11.7 Å². The highest BCUT2D eigenvalue weighted by Gasteiger charge is 2.10. The number of aromatic carboxylic acids is 1. The van der Waals surface area contributed by atoms with Crippen LogP contribution in [0.3, 0.4) is 0 Å². The average Bonchev–Trinajstić information content (AvgIpc) is 2.52. The lowest BCUT2D eigenvalue weighted by Gasteiger charge is -2.07. The molecule has 2 rings (SSSR count). The molecular formula is C15H12N3O3S-. The van der Waals surface area contributed by atoms with Gasteiger partial charge in [0, 0.05) is 5.75 Å². The van der Waals surface area contributed by atoms with E-state index in [0.29, 0.717) is 23.0 Å². The second-order valence-corrected chi connectivity index (χ2v) is 5.40. The molecule has 0 atom stereocenters. The Bertz CT molecular complexity index is 808. The summed E-state index contributed by atoms with van der Waals surface area (Å²) in [5.41, 5.74) is 0.911. The first kappa shape index (κ1) is 15.8. The van der Waals surface area contributed by atoms with Gasteiger partial charge in [-0.3, -0.25) is 4.79 Å². The fraction of sp³-hybridized carbons (Fsp3) is 0.200. The number of carbonyl (C=O) groups excluding carboxylic acids is 1. The first-order valence-corrected chi connectivity index (χ1v) is 7.50. The first-order valence-electron chi connectivity index (χ1n) is 6.51. The van der Waals surface area contributed by atoms with Gasteiger partial charge < -0.3 is 14.9 Å². The van der Waals surface area contributed by atoms with Crippen LogP contribution in [-0.4, -0.2) is 15.9 Å². The van der Waals surface area contributed by atoms with E-state index in [9.17, 15) is 14.7 Å². The van der Waals surface area contributed by atoms with E-state index in [-0.39, 0.29) is 11.1 Å². The molecule has 0 saturated carbocycles. The number of carbonyl (C=O) groups is 1. The molecule has 2 aromatic rings. The van der Waals surface area contributed by atoms with E-state index in [4.69, 9.17) is 5.26 Å². The number of nitrogens with one attached hydrogen (secondary N) is 1. The molecule has 0 radical (unpaired) electrons. The minimum Gasteiger partial charge on any atom is -0.545 e. The van der Waals surface area contributed by atoms with Crippen molar-refractivity contribution in [1.29, 1.82) is 5.26 Å². The zero-order valence-corrected chi connectivity index (χ0v) is 12.6. The third kappa shape index (κ3) is 3.54. The van der Waals surface area contributed by atoms with Crippen LogP contribution in [0.4, 0.5) is 0 Å². The van der Waals surface area contributed by atoms with E-state index < -0.39 is 11.5 Å². The molecule has 0 saturated heterocycles. The minimum absolute atomic E-state index is 0.0331. The number of H-pyrrole nitrogens is 1. The summed E-state index contributed by atoms with van der Waals surface area (Å²) in [5, 5.41) is 20.2. The molecule has 22 heavy (non-hydrogen) atoms. The third-order valence-corrected chi connectivity index (χ3v) is 3.90. The Hall–Kier alpha value is -2.59. The molecule has 0 bridgehead atoms. The topological polar surface area (TPSA) is 110 Å². The number of nitrogens with zero attached hydrogens (tertiary/aromatic N) is 2.